The SMILES string of the molecule is COc1ccc(-c2cccc(NC(=O)NCc3ccccn3)c2)cc1S(=O)(=O)N[C@H](CC(=O)O)c1ccccc1. The molecule has 1 heterocycles. The van der Waals surface area contributed by atoms with Gasteiger partial charge in [0.2, 0.25) is 10.0 Å². The molecule has 0 unspecified atom stereocenters. The second kappa shape index (κ2) is 12.9. The highest BCUT2D eigenvalue weighted by Crippen LogP contribution is 2.32. The van der Waals surface area contributed by atoms with E-state index in [-0.39, 0.29) is 17.2 Å². The zero-order valence-electron chi connectivity index (χ0n) is 21.6. The Hall–Kier alpha value is -4.74. The van der Waals surface area contributed by atoms with Crippen LogP contribution in [0.1, 0.15) is 23.7 Å². The number of rotatable bonds is 11. The van der Waals surface area contributed by atoms with Crippen molar-refractivity contribution in [2.75, 3.05) is 12.4 Å². The van der Waals surface area contributed by atoms with Gasteiger partial charge in [-0.3, -0.25) is 9.78 Å². The first-order valence-electron chi connectivity index (χ1n) is 12.3. The molecule has 4 aromatic rings. The number of nitrogens with one attached hydrogen (secondary N) is 3. The fraction of sp³-hybridized carbons (Fsp3) is 0.138. The molecule has 4 N–H and O–H groups in total. The summed E-state index contributed by atoms with van der Waals surface area (Å²) in [6, 6.07) is 24.1. The Bertz CT molecular complexity index is 1580. The Morgan fingerprint density at radius 1 is 0.925 bits per heavy atom. The molecule has 0 aliphatic carbocycles. The summed E-state index contributed by atoms with van der Waals surface area (Å²) in [5.41, 5.74) is 2.92. The average molecular weight is 561 g/mol. The molecule has 4 rings (SSSR count). The van der Waals surface area contributed by atoms with Gasteiger partial charge in [0.05, 0.1) is 31.8 Å². The summed E-state index contributed by atoms with van der Waals surface area (Å²) >= 11 is 0. The normalized spacial score (nSPS) is 11.8. The van der Waals surface area contributed by atoms with E-state index in [0.717, 1.165) is 0 Å². The third-order valence-electron chi connectivity index (χ3n) is 5.94. The van der Waals surface area contributed by atoms with E-state index in [4.69, 9.17) is 4.74 Å². The van der Waals surface area contributed by atoms with Gasteiger partial charge >= 0.3 is 12.0 Å². The van der Waals surface area contributed by atoms with Crippen LogP contribution in [-0.2, 0) is 21.4 Å². The summed E-state index contributed by atoms with van der Waals surface area (Å²) in [7, 11) is -2.86. The number of urea groups is 1. The third-order valence-corrected chi connectivity index (χ3v) is 7.43. The molecule has 0 spiro atoms. The zero-order valence-corrected chi connectivity index (χ0v) is 22.4. The molecule has 0 radical (unpaired) electrons. The van der Waals surface area contributed by atoms with Gasteiger partial charge in [-0.1, -0.05) is 54.6 Å². The number of hydrogen-bond donors (Lipinski definition) is 4. The van der Waals surface area contributed by atoms with Crippen molar-refractivity contribution in [2.45, 2.75) is 23.9 Å². The lowest BCUT2D eigenvalue weighted by Crippen LogP contribution is -2.30. The van der Waals surface area contributed by atoms with E-state index < -0.39 is 34.5 Å². The highest BCUT2D eigenvalue weighted by atomic mass is 32.2. The first-order valence-corrected chi connectivity index (χ1v) is 13.8. The number of methoxy groups -OCH3 is 1. The number of carboxylic acid groups (broad SMARTS) is 1. The number of benzene rings is 3. The van der Waals surface area contributed by atoms with Gasteiger partial charge in [-0.25, -0.2) is 17.9 Å². The molecule has 3 aromatic carbocycles. The van der Waals surface area contributed by atoms with E-state index in [1.165, 1.54) is 19.2 Å². The van der Waals surface area contributed by atoms with Crippen molar-refractivity contribution in [3.63, 3.8) is 0 Å². The van der Waals surface area contributed by atoms with Gasteiger partial charge in [0.15, 0.2) is 0 Å². The van der Waals surface area contributed by atoms with Crippen molar-refractivity contribution in [3.05, 3.63) is 108 Å². The second-order valence-electron chi connectivity index (χ2n) is 8.76. The molecular formula is C29H28N4O6S. The number of nitrogens with zero attached hydrogens (tertiary/aromatic N) is 1. The lowest BCUT2D eigenvalue weighted by atomic mass is 10.0. The maximum atomic E-state index is 13.5. The van der Waals surface area contributed by atoms with Gasteiger partial charge in [-0.2, -0.15) is 0 Å². The van der Waals surface area contributed by atoms with Crippen LogP contribution in [-0.4, -0.2) is 37.6 Å². The van der Waals surface area contributed by atoms with Gasteiger partial charge < -0.3 is 20.5 Å². The maximum Gasteiger partial charge on any atom is 0.319 e. The van der Waals surface area contributed by atoms with E-state index >= 15 is 0 Å². The van der Waals surface area contributed by atoms with E-state index in [1.54, 1.807) is 79.0 Å². The van der Waals surface area contributed by atoms with Crippen molar-refractivity contribution < 1.29 is 27.9 Å². The molecule has 206 valence electrons. The minimum absolute atomic E-state index is 0.0987. The van der Waals surface area contributed by atoms with Gasteiger partial charge in [0, 0.05) is 11.9 Å². The summed E-state index contributed by atoms with van der Waals surface area (Å²) in [5, 5.41) is 14.9. The van der Waals surface area contributed by atoms with E-state index in [2.05, 4.69) is 20.3 Å². The zero-order chi connectivity index (χ0) is 28.5. The van der Waals surface area contributed by atoms with E-state index in [0.29, 0.717) is 28.1 Å². The Balaban J connectivity index is 1.57. The summed E-state index contributed by atoms with van der Waals surface area (Å²) in [5.74, 6) is -1.05. The lowest BCUT2D eigenvalue weighted by molar-refractivity contribution is -0.137. The molecule has 0 bridgehead atoms. The van der Waals surface area contributed by atoms with Crippen LogP contribution < -0.4 is 20.1 Å². The van der Waals surface area contributed by atoms with Crippen LogP contribution in [0, 0.1) is 0 Å². The maximum absolute atomic E-state index is 13.5. The Morgan fingerprint density at radius 2 is 1.68 bits per heavy atom. The molecule has 1 atom stereocenters. The molecule has 0 aliphatic rings. The summed E-state index contributed by atoms with van der Waals surface area (Å²) < 4.78 is 34.9. The van der Waals surface area contributed by atoms with Crippen molar-refractivity contribution in [1.82, 2.24) is 15.0 Å². The number of amides is 2. The molecule has 40 heavy (non-hydrogen) atoms. The van der Waals surface area contributed by atoms with E-state index in [9.17, 15) is 23.1 Å². The van der Waals surface area contributed by atoms with Crippen LogP contribution in [0.2, 0.25) is 0 Å². The fourth-order valence-corrected chi connectivity index (χ4v) is 5.45. The molecule has 10 nitrogen and oxygen atoms in total. The summed E-state index contributed by atoms with van der Waals surface area (Å²) in [6.45, 7) is 0.255. The number of anilines is 1. The molecule has 0 aliphatic heterocycles. The average Bonchev–Trinajstić information content (AvgIpc) is 2.96. The molecule has 2 amide bonds. The Labute approximate surface area is 232 Å². The van der Waals surface area contributed by atoms with Crippen LogP contribution in [0.25, 0.3) is 11.1 Å². The van der Waals surface area contributed by atoms with Gasteiger partial charge in [-0.05, 0) is 53.1 Å². The van der Waals surface area contributed by atoms with Crippen molar-refractivity contribution in [1.29, 1.82) is 0 Å². The van der Waals surface area contributed by atoms with Gasteiger partial charge in [-0.15, -0.1) is 0 Å². The first kappa shape index (κ1) is 28.3. The van der Waals surface area contributed by atoms with Gasteiger partial charge in [0.1, 0.15) is 10.6 Å². The number of sulfonamides is 1. The molecule has 11 heteroatoms. The van der Waals surface area contributed by atoms with Crippen LogP contribution >= 0.6 is 0 Å². The minimum Gasteiger partial charge on any atom is -0.495 e. The Kier molecular flexibility index (Phi) is 9.10. The summed E-state index contributed by atoms with van der Waals surface area (Å²) in [4.78, 5) is 27.9. The predicted molar refractivity (Wildman–Crippen MR) is 150 cm³/mol. The standard InChI is InChI=1S/C29H28N4O6S/c1-39-26-14-13-22(17-27(26)40(37,38)33-25(18-28(34)35)20-8-3-2-4-9-20)21-10-7-12-23(16-21)32-29(36)31-19-24-11-5-6-15-30-24/h2-17,25,33H,18-19H2,1H3,(H,34,35)(H2,31,32,36)/t25-/m1/s1. The fourth-order valence-electron chi connectivity index (χ4n) is 4.03. The lowest BCUT2D eigenvalue weighted by Gasteiger charge is -2.19. The highest BCUT2D eigenvalue weighted by molar-refractivity contribution is 7.89. The molecule has 1 aromatic heterocycles. The quantitative estimate of drug-likeness (QED) is 0.210. The number of carboxylic acids is 1. The van der Waals surface area contributed by atoms with Crippen molar-refractivity contribution in [3.8, 4) is 16.9 Å². The molecule has 0 saturated carbocycles. The number of hydrogen-bond acceptors (Lipinski definition) is 6. The van der Waals surface area contributed by atoms with Crippen LogP contribution in [0.3, 0.4) is 0 Å². The monoisotopic (exact) mass is 560 g/mol. The van der Waals surface area contributed by atoms with Crippen LogP contribution in [0.15, 0.2) is 102 Å². The number of ether oxygens (including phenoxy) is 1. The smallest absolute Gasteiger partial charge is 0.319 e. The second-order valence-corrected chi connectivity index (χ2v) is 10.4. The molecule has 0 fully saturated rings. The number of carbonyl (C=O) groups is 2. The molecular weight excluding hydrogens is 532 g/mol. The van der Waals surface area contributed by atoms with E-state index in [1.807, 2.05) is 6.07 Å². The number of pyridine rings is 1. The third kappa shape index (κ3) is 7.43. The largest absolute Gasteiger partial charge is 0.495 e. The number of aliphatic carboxylic acids is 1. The molecule has 0 saturated heterocycles. The topological polar surface area (TPSA) is 147 Å². The number of aromatic nitrogens is 1. The summed E-state index contributed by atoms with van der Waals surface area (Å²) in [6.07, 6.45) is 1.20. The van der Waals surface area contributed by atoms with Crippen molar-refractivity contribution >= 4 is 27.7 Å². The van der Waals surface area contributed by atoms with Crippen LogP contribution in [0.4, 0.5) is 10.5 Å². The minimum atomic E-state index is -4.21. The van der Waals surface area contributed by atoms with Crippen molar-refractivity contribution in [2.24, 2.45) is 0 Å². The first-order chi connectivity index (χ1) is 19.2. The van der Waals surface area contributed by atoms with Crippen LogP contribution in [0.5, 0.6) is 5.75 Å². The van der Waals surface area contributed by atoms with Gasteiger partial charge in [0.25, 0.3) is 0 Å². The number of carbonyl (C=O) groups excluding carboxylic acids is 1. The Morgan fingerprint density at radius 3 is 2.38 bits per heavy atom. The highest BCUT2D eigenvalue weighted by Gasteiger charge is 2.27. The predicted octanol–water partition coefficient (Wildman–Crippen LogP) is 4.57.